The number of carbonyl (C=O) groups is 2. The second kappa shape index (κ2) is 7.94. The van der Waals surface area contributed by atoms with E-state index in [-0.39, 0.29) is 18.4 Å². The van der Waals surface area contributed by atoms with Gasteiger partial charge in [-0.2, -0.15) is 0 Å². The van der Waals surface area contributed by atoms with Crippen LogP contribution in [-0.2, 0) is 9.53 Å². The molecule has 122 valence electrons. The summed E-state index contributed by atoms with van der Waals surface area (Å²) < 4.78 is 11.1. The molecular weight excluding hydrogens is 374 g/mol. The summed E-state index contributed by atoms with van der Waals surface area (Å²) >= 11 is 4.57. The number of amides is 1. The average Bonchev–Trinajstić information content (AvgIpc) is 2.89. The van der Waals surface area contributed by atoms with Crippen molar-refractivity contribution < 1.29 is 24.2 Å². The standard InChI is InChI=1S/C14H18BrNO5S/c1-20-10-6-11(22-12(10)15)13(17)16-7-9(14(18)19)8-2-4-21-5-3-8/h6,8-9H,2-5,7H2,1H3,(H,16,17)(H,18,19). The number of carbonyl (C=O) groups excluding carboxylic acids is 1. The maximum Gasteiger partial charge on any atom is 0.308 e. The van der Waals surface area contributed by atoms with Crippen LogP contribution in [0.2, 0.25) is 0 Å². The van der Waals surface area contributed by atoms with Crippen LogP contribution in [0.3, 0.4) is 0 Å². The number of methoxy groups -OCH3 is 1. The first kappa shape index (κ1) is 17.2. The molecule has 1 aromatic heterocycles. The van der Waals surface area contributed by atoms with Crippen LogP contribution in [0, 0.1) is 11.8 Å². The molecule has 1 fully saturated rings. The lowest BCUT2D eigenvalue weighted by Gasteiger charge is -2.27. The Hall–Kier alpha value is -1.12. The van der Waals surface area contributed by atoms with Gasteiger partial charge in [-0.1, -0.05) is 0 Å². The molecule has 1 aromatic rings. The van der Waals surface area contributed by atoms with Crippen molar-refractivity contribution in [2.75, 3.05) is 26.9 Å². The Kier molecular flexibility index (Phi) is 6.22. The van der Waals surface area contributed by atoms with Crippen molar-refractivity contribution in [2.24, 2.45) is 11.8 Å². The van der Waals surface area contributed by atoms with Crippen LogP contribution in [0.5, 0.6) is 5.75 Å². The first-order valence-electron chi connectivity index (χ1n) is 6.95. The summed E-state index contributed by atoms with van der Waals surface area (Å²) in [5.41, 5.74) is 0. The minimum atomic E-state index is -0.878. The van der Waals surface area contributed by atoms with Gasteiger partial charge in [0, 0.05) is 25.8 Å². The Morgan fingerprint density at radius 2 is 2.23 bits per heavy atom. The average molecular weight is 392 g/mol. The van der Waals surface area contributed by atoms with Crippen LogP contribution in [0.1, 0.15) is 22.5 Å². The highest BCUT2D eigenvalue weighted by molar-refractivity contribution is 9.11. The fourth-order valence-corrected chi connectivity index (χ4v) is 4.03. The summed E-state index contributed by atoms with van der Waals surface area (Å²) in [7, 11) is 1.53. The summed E-state index contributed by atoms with van der Waals surface area (Å²) in [4.78, 5) is 24.1. The van der Waals surface area contributed by atoms with E-state index < -0.39 is 11.9 Å². The van der Waals surface area contributed by atoms with E-state index in [9.17, 15) is 14.7 Å². The number of hydrogen-bond acceptors (Lipinski definition) is 5. The zero-order valence-electron chi connectivity index (χ0n) is 12.1. The smallest absolute Gasteiger partial charge is 0.308 e. The molecule has 0 spiro atoms. The molecule has 1 amide bonds. The lowest BCUT2D eigenvalue weighted by Crippen LogP contribution is -2.38. The highest BCUT2D eigenvalue weighted by Crippen LogP contribution is 2.34. The number of carboxylic acid groups (broad SMARTS) is 1. The van der Waals surface area contributed by atoms with E-state index in [1.165, 1.54) is 18.4 Å². The van der Waals surface area contributed by atoms with Gasteiger partial charge in [-0.25, -0.2) is 0 Å². The van der Waals surface area contributed by atoms with E-state index in [1.807, 2.05) is 0 Å². The van der Waals surface area contributed by atoms with Crippen LogP contribution in [-0.4, -0.2) is 43.9 Å². The zero-order chi connectivity index (χ0) is 16.1. The zero-order valence-corrected chi connectivity index (χ0v) is 14.5. The van der Waals surface area contributed by atoms with E-state index >= 15 is 0 Å². The third kappa shape index (κ3) is 4.21. The lowest BCUT2D eigenvalue weighted by molar-refractivity contribution is -0.144. The van der Waals surface area contributed by atoms with Crippen LogP contribution in [0.15, 0.2) is 9.85 Å². The third-order valence-corrected chi connectivity index (χ3v) is 5.51. The van der Waals surface area contributed by atoms with Crippen molar-refractivity contribution in [3.63, 3.8) is 0 Å². The predicted molar refractivity (Wildman–Crippen MR) is 85.6 cm³/mol. The highest BCUT2D eigenvalue weighted by atomic mass is 79.9. The lowest BCUT2D eigenvalue weighted by atomic mass is 9.86. The number of nitrogens with one attached hydrogen (secondary N) is 1. The van der Waals surface area contributed by atoms with Gasteiger partial charge in [0.15, 0.2) is 0 Å². The first-order valence-corrected chi connectivity index (χ1v) is 8.56. The highest BCUT2D eigenvalue weighted by Gasteiger charge is 2.30. The maximum atomic E-state index is 12.1. The molecule has 8 heteroatoms. The first-order chi connectivity index (χ1) is 10.5. The van der Waals surface area contributed by atoms with E-state index in [0.717, 1.165) is 3.79 Å². The van der Waals surface area contributed by atoms with Gasteiger partial charge in [0.25, 0.3) is 5.91 Å². The van der Waals surface area contributed by atoms with Gasteiger partial charge in [0.2, 0.25) is 0 Å². The summed E-state index contributed by atoms with van der Waals surface area (Å²) in [6.07, 6.45) is 1.43. The Balaban J connectivity index is 1.96. The second-order valence-corrected chi connectivity index (χ2v) is 7.43. The summed E-state index contributed by atoms with van der Waals surface area (Å²) in [5.74, 6) is -1.12. The molecule has 2 rings (SSSR count). The number of thiophene rings is 1. The Labute approximate surface area is 140 Å². The monoisotopic (exact) mass is 391 g/mol. The van der Waals surface area contributed by atoms with Gasteiger partial charge in [-0.3, -0.25) is 9.59 Å². The number of rotatable bonds is 6. The normalized spacial score (nSPS) is 17.0. The van der Waals surface area contributed by atoms with Crippen molar-refractivity contribution in [1.82, 2.24) is 5.32 Å². The Morgan fingerprint density at radius 3 is 2.77 bits per heavy atom. The SMILES string of the molecule is COc1cc(C(=O)NCC(C(=O)O)C2CCOCC2)sc1Br. The molecule has 1 aliphatic heterocycles. The fraction of sp³-hybridized carbons (Fsp3) is 0.571. The van der Waals surface area contributed by atoms with Gasteiger partial charge < -0.3 is 19.9 Å². The van der Waals surface area contributed by atoms with E-state index in [2.05, 4.69) is 21.2 Å². The van der Waals surface area contributed by atoms with Gasteiger partial charge in [-0.05, 0) is 34.7 Å². The second-order valence-electron chi connectivity index (χ2n) is 5.06. The van der Waals surface area contributed by atoms with Crippen molar-refractivity contribution >= 4 is 39.1 Å². The van der Waals surface area contributed by atoms with Gasteiger partial charge in [0.05, 0.1) is 17.9 Å². The van der Waals surface area contributed by atoms with Crippen molar-refractivity contribution in [3.05, 3.63) is 14.7 Å². The molecule has 1 saturated heterocycles. The summed E-state index contributed by atoms with van der Waals surface area (Å²) in [6, 6.07) is 1.63. The molecule has 2 heterocycles. The topological polar surface area (TPSA) is 84.9 Å². The molecule has 0 aliphatic carbocycles. The van der Waals surface area contributed by atoms with Crippen LogP contribution in [0.4, 0.5) is 0 Å². The number of halogens is 1. The van der Waals surface area contributed by atoms with Gasteiger partial charge in [-0.15, -0.1) is 11.3 Å². The molecule has 2 N–H and O–H groups in total. The third-order valence-electron chi connectivity index (χ3n) is 3.73. The van der Waals surface area contributed by atoms with Gasteiger partial charge in [0.1, 0.15) is 9.54 Å². The van der Waals surface area contributed by atoms with Crippen molar-refractivity contribution in [3.8, 4) is 5.75 Å². The molecule has 0 radical (unpaired) electrons. The largest absolute Gasteiger partial charge is 0.495 e. The summed E-state index contributed by atoms with van der Waals surface area (Å²) in [6.45, 7) is 1.28. The molecule has 6 nitrogen and oxygen atoms in total. The van der Waals surface area contributed by atoms with Crippen LogP contribution < -0.4 is 10.1 Å². The Morgan fingerprint density at radius 1 is 1.55 bits per heavy atom. The molecule has 22 heavy (non-hydrogen) atoms. The molecule has 0 aromatic carbocycles. The maximum absolute atomic E-state index is 12.1. The van der Waals surface area contributed by atoms with Crippen LogP contribution >= 0.6 is 27.3 Å². The van der Waals surface area contributed by atoms with Crippen LogP contribution in [0.25, 0.3) is 0 Å². The minimum Gasteiger partial charge on any atom is -0.495 e. The summed E-state index contributed by atoms with van der Waals surface area (Å²) in [5, 5.41) is 12.1. The molecule has 0 bridgehead atoms. The van der Waals surface area contributed by atoms with Crippen molar-refractivity contribution in [2.45, 2.75) is 12.8 Å². The number of carboxylic acids is 1. The number of aliphatic carboxylic acids is 1. The van der Waals surface area contributed by atoms with E-state index in [0.29, 0.717) is 36.7 Å². The molecule has 1 atom stereocenters. The molecule has 1 unspecified atom stereocenters. The number of ether oxygens (including phenoxy) is 2. The molecule has 0 saturated carbocycles. The fourth-order valence-electron chi connectivity index (χ4n) is 2.47. The molecular formula is C14H18BrNO5S. The van der Waals surface area contributed by atoms with E-state index in [4.69, 9.17) is 9.47 Å². The minimum absolute atomic E-state index is 0.0381. The Bertz CT molecular complexity index is 541. The van der Waals surface area contributed by atoms with E-state index in [1.54, 1.807) is 6.07 Å². The quantitative estimate of drug-likeness (QED) is 0.777. The predicted octanol–water partition coefficient (Wildman–Crippen LogP) is 2.38. The number of hydrogen-bond donors (Lipinski definition) is 2. The molecule has 1 aliphatic rings. The van der Waals surface area contributed by atoms with Crippen molar-refractivity contribution in [1.29, 1.82) is 0 Å². The van der Waals surface area contributed by atoms with Gasteiger partial charge >= 0.3 is 5.97 Å².